The normalized spacial score (nSPS) is 44.1. The monoisotopic (exact) mass is 224 g/mol. The molecule has 0 aromatic rings. The van der Waals surface area contributed by atoms with Gasteiger partial charge in [-0.2, -0.15) is 0 Å². The van der Waals surface area contributed by atoms with E-state index < -0.39 is 0 Å². The Morgan fingerprint density at radius 1 is 1.12 bits per heavy atom. The molecule has 2 heteroatoms. The van der Waals surface area contributed by atoms with Crippen LogP contribution in [-0.4, -0.2) is 24.9 Å². The fourth-order valence-corrected chi connectivity index (χ4v) is 4.59. The molecule has 0 spiro atoms. The second-order valence-electron chi connectivity index (χ2n) is 6.36. The summed E-state index contributed by atoms with van der Waals surface area (Å²) in [6.45, 7) is 2.33. The van der Waals surface area contributed by atoms with Gasteiger partial charge in [0.05, 0.1) is 0 Å². The van der Waals surface area contributed by atoms with Gasteiger partial charge in [0.2, 0.25) is 0 Å². The third-order valence-electron chi connectivity index (χ3n) is 5.45. The predicted molar refractivity (Wildman–Crippen MR) is 63.1 cm³/mol. The third kappa shape index (κ3) is 1.80. The van der Waals surface area contributed by atoms with E-state index in [2.05, 4.69) is 0 Å². The molecule has 3 rings (SSSR count). The zero-order chi connectivity index (χ0) is 11.0. The first-order valence-corrected chi connectivity index (χ1v) is 7.01. The van der Waals surface area contributed by atoms with Crippen molar-refractivity contribution in [1.29, 1.82) is 0 Å². The third-order valence-corrected chi connectivity index (χ3v) is 5.45. The maximum absolute atomic E-state index is 9.84. The summed E-state index contributed by atoms with van der Waals surface area (Å²) < 4.78 is 5.43. The van der Waals surface area contributed by atoms with E-state index in [1.807, 2.05) is 0 Å². The number of hydrogen-bond acceptors (Lipinski definition) is 2. The lowest BCUT2D eigenvalue weighted by Gasteiger charge is -2.40. The molecule has 2 bridgehead atoms. The molecule has 3 fully saturated rings. The van der Waals surface area contributed by atoms with Gasteiger partial charge in [-0.05, 0) is 61.7 Å². The summed E-state index contributed by atoms with van der Waals surface area (Å²) in [5.41, 5.74) is 0.310. The van der Waals surface area contributed by atoms with Crippen molar-refractivity contribution >= 4 is 0 Å². The molecule has 92 valence electrons. The van der Waals surface area contributed by atoms with E-state index in [1.165, 1.54) is 44.9 Å². The van der Waals surface area contributed by atoms with Crippen molar-refractivity contribution in [2.24, 2.45) is 23.2 Å². The van der Waals surface area contributed by atoms with Gasteiger partial charge in [0, 0.05) is 19.8 Å². The van der Waals surface area contributed by atoms with Crippen LogP contribution in [0.5, 0.6) is 0 Å². The summed E-state index contributed by atoms with van der Waals surface area (Å²) >= 11 is 0. The van der Waals surface area contributed by atoms with Gasteiger partial charge in [0.1, 0.15) is 0 Å². The van der Waals surface area contributed by atoms with E-state index in [0.717, 1.165) is 31.0 Å². The Hall–Kier alpha value is -0.0800. The molecule has 0 aromatic carbocycles. The first kappa shape index (κ1) is 11.0. The van der Waals surface area contributed by atoms with Crippen LogP contribution in [0.25, 0.3) is 0 Å². The number of aliphatic hydroxyl groups is 1. The highest BCUT2D eigenvalue weighted by Gasteiger charge is 2.50. The number of hydrogen-bond donors (Lipinski definition) is 1. The topological polar surface area (TPSA) is 29.5 Å². The van der Waals surface area contributed by atoms with Gasteiger partial charge >= 0.3 is 0 Å². The Labute approximate surface area is 98.4 Å². The summed E-state index contributed by atoms with van der Waals surface area (Å²) in [5.74, 6) is 2.60. The molecule has 16 heavy (non-hydrogen) atoms. The van der Waals surface area contributed by atoms with Crippen molar-refractivity contribution in [1.82, 2.24) is 0 Å². The lowest BCUT2D eigenvalue weighted by atomic mass is 9.67. The first-order valence-electron chi connectivity index (χ1n) is 7.01. The zero-order valence-corrected chi connectivity index (χ0v) is 10.2. The van der Waals surface area contributed by atoms with Crippen molar-refractivity contribution in [3.63, 3.8) is 0 Å². The Balaban J connectivity index is 1.66. The van der Waals surface area contributed by atoms with Gasteiger partial charge in [0.15, 0.2) is 0 Å². The molecule has 1 aliphatic heterocycles. The van der Waals surface area contributed by atoms with Gasteiger partial charge < -0.3 is 9.84 Å². The average Bonchev–Trinajstić information content (AvgIpc) is 2.91. The van der Waals surface area contributed by atoms with Crippen LogP contribution in [0.15, 0.2) is 0 Å². The summed E-state index contributed by atoms with van der Waals surface area (Å²) in [5, 5.41) is 9.84. The number of ether oxygens (including phenoxy) is 1. The summed E-state index contributed by atoms with van der Waals surface area (Å²) in [6, 6.07) is 0. The van der Waals surface area contributed by atoms with Crippen LogP contribution in [0, 0.1) is 23.2 Å². The molecule has 0 radical (unpaired) electrons. The van der Waals surface area contributed by atoms with Crippen molar-refractivity contribution < 1.29 is 9.84 Å². The predicted octanol–water partition coefficient (Wildman–Crippen LogP) is 2.60. The molecular formula is C14H24O2. The first-order chi connectivity index (χ1) is 7.82. The summed E-state index contributed by atoms with van der Waals surface area (Å²) in [4.78, 5) is 0. The molecule has 2 aliphatic carbocycles. The number of fused-ring (bicyclic) bond motifs is 2. The lowest BCUT2D eigenvalue weighted by Crippen LogP contribution is -2.35. The van der Waals surface area contributed by atoms with Gasteiger partial charge in [-0.3, -0.25) is 0 Å². The fourth-order valence-electron chi connectivity index (χ4n) is 4.59. The fraction of sp³-hybridized carbons (Fsp3) is 1.00. The molecule has 3 unspecified atom stereocenters. The minimum absolute atomic E-state index is 0.310. The lowest BCUT2D eigenvalue weighted by molar-refractivity contribution is 0.00426. The molecule has 1 N–H and O–H groups in total. The van der Waals surface area contributed by atoms with E-state index in [-0.39, 0.29) is 0 Å². The van der Waals surface area contributed by atoms with Crippen molar-refractivity contribution in [3.8, 4) is 0 Å². The van der Waals surface area contributed by atoms with Gasteiger partial charge in [-0.25, -0.2) is 0 Å². The molecule has 1 heterocycles. The summed E-state index contributed by atoms with van der Waals surface area (Å²) in [6.07, 6.45) is 9.25. The largest absolute Gasteiger partial charge is 0.396 e. The number of rotatable bonds is 3. The Kier molecular flexibility index (Phi) is 2.97. The molecule has 0 aromatic heterocycles. The quantitative estimate of drug-likeness (QED) is 0.798. The standard InChI is InChI=1S/C14H24O2/c15-10-14(8-11-3-5-16-6-4-11)9-12-1-2-13(14)7-12/h11-13,15H,1-10H2. The minimum atomic E-state index is 0.310. The maximum atomic E-state index is 9.84. The van der Waals surface area contributed by atoms with Crippen LogP contribution in [-0.2, 0) is 4.74 Å². The molecule has 2 saturated carbocycles. The number of aliphatic hydroxyl groups excluding tert-OH is 1. The smallest absolute Gasteiger partial charge is 0.0490 e. The van der Waals surface area contributed by atoms with E-state index >= 15 is 0 Å². The van der Waals surface area contributed by atoms with E-state index in [0.29, 0.717) is 12.0 Å². The van der Waals surface area contributed by atoms with E-state index in [9.17, 15) is 5.11 Å². The van der Waals surface area contributed by atoms with E-state index in [4.69, 9.17) is 4.74 Å². The van der Waals surface area contributed by atoms with E-state index in [1.54, 1.807) is 0 Å². The highest BCUT2D eigenvalue weighted by atomic mass is 16.5. The van der Waals surface area contributed by atoms with Crippen LogP contribution in [0.3, 0.4) is 0 Å². The Morgan fingerprint density at radius 3 is 2.50 bits per heavy atom. The summed E-state index contributed by atoms with van der Waals surface area (Å²) in [7, 11) is 0. The molecule has 2 nitrogen and oxygen atoms in total. The van der Waals surface area contributed by atoms with Gasteiger partial charge in [0.25, 0.3) is 0 Å². The second kappa shape index (κ2) is 4.30. The molecule has 3 aliphatic rings. The highest BCUT2D eigenvalue weighted by molar-refractivity contribution is 5.00. The average molecular weight is 224 g/mol. The van der Waals surface area contributed by atoms with Gasteiger partial charge in [-0.15, -0.1) is 0 Å². The molecule has 0 amide bonds. The van der Waals surface area contributed by atoms with Crippen LogP contribution >= 0.6 is 0 Å². The maximum Gasteiger partial charge on any atom is 0.0490 e. The van der Waals surface area contributed by atoms with Gasteiger partial charge in [-0.1, -0.05) is 6.42 Å². The molecular weight excluding hydrogens is 200 g/mol. The van der Waals surface area contributed by atoms with Crippen LogP contribution in [0.2, 0.25) is 0 Å². The minimum Gasteiger partial charge on any atom is -0.396 e. The van der Waals surface area contributed by atoms with Crippen molar-refractivity contribution in [2.45, 2.75) is 44.9 Å². The van der Waals surface area contributed by atoms with Crippen molar-refractivity contribution in [3.05, 3.63) is 0 Å². The van der Waals surface area contributed by atoms with Crippen LogP contribution < -0.4 is 0 Å². The SMILES string of the molecule is OCC1(CC2CCOCC2)CC2CCC1C2. The Morgan fingerprint density at radius 2 is 1.94 bits per heavy atom. The highest BCUT2D eigenvalue weighted by Crippen LogP contribution is 2.58. The Bertz CT molecular complexity index is 247. The van der Waals surface area contributed by atoms with Crippen LogP contribution in [0.1, 0.15) is 44.9 Å². The molecule has 3 atom stereocenters. The molecule has 1 saturated heterocycles. The zero-order valence-electron chi connectivity index (χ0n) is 10.2. The van der Waals surface area contributed by atoms with Crippen LogP contribution in [0.4, 0.5) is 0 Å². The van der Waals surface area contributed by atoms with Crippen molar-refractivity contribution in [2.75, 3.05) is 19.8 Å². The second-order valence-corrected chi connectivity index (χ2v) is 6.36.